The van der Waals surface area contributed by atoms with Crippen LogP contribution in [0.25, 0.3) is 0 Å². The summed E-state index contributed by atoms with van der Waals surface area (Å²) >= 11 is 0.921. The smallest absolute Gasteiger partial charge is 0.238 e. The van der Waals surface area contributed by atoms with Gasteiger partial charge in [0.15, 0.2) is 0 Å². The molecule has 23 heavy (non-hydrogen) atoms. The van der Waals surface area contributed by atoms with Gasteiger partial charge in [0.05, 0.1) is 10.6 Å². The Bertz CT molecular complexity index is 824. The highest BCUT2D eigenvalue weighted by molar-refractivity contribution is 8.00. The van der Waals surface area contributed by atoms with Crippen molar-refractivity contribution in [2.75, 3.05) is 11.1 Å². The second kappa shape index (κ2) is 7.07. The average Bonchev–Trinajstić information content (AvgIpc) is 2.46. The molecule has 0 saturated heterocycles. The first-order chi connectivity index (χ1) is 10.8. The fourth-order valence-electron chi connectivity index (χ4n) is 1.66. The number of anilines is 1. The molecule has 0 fully saturated rings. The Morgan fingerprint density at radius 3 is 2.35 bits per heavy atom. The Hall–Kier alpha value is -1.97. The van der Waals surface area contributed by atoms with Crippen molar-refractivity contribution >= 4 is 33.4 Å². The van der Waals surface area contributed by atoms with Crippen molar-refractivity contribution in [1.29, 1.82) is 0 Å². The third kappa shape index (κ3) is 5.02. The number of nitrogens with one attached hydrogen (secondary N) is 1. The van der Waals surface area contributed by atoms with Gasteiger partial charge in [0, 0.05) is 16.6 Å². The molecule has 0 aliphatic rings. The molecule has 2 aromatic carbocycles. The molecule has 0 unspecified atom stereocenters. The van der Waals surface area contributed by atoms with E-state index in [0.717, 1.165) is 23.9 Å². The number of carbonyl (C=O) groups is 1. The van der Waals surface area contributed by atoms with Crippen molar-refractivity contribution in [3.8, 4) is 0 Å². The summed E-state index contributed by atoms with van der Waals surface area (Å²) in [6.07, 6.45) is 0. The van der Waals surface area contributed by atoms with E-state index < -0.39 is 27.6 Å². The number of thioether (sulfide) groups is 1. The second-order valence-corrected chi connectivity index (χ2v) is 7.06. The van der Waals surface area contributed by atoms with E-state index in [4.69, 9.17) is 5.14 Å². The molecule has 2 aromatic rings. The van der Waals surface area contributed by atoms with Crippen LogP contribution in [0.1, 0.15) is 0 Å². The molecule has 0 aliphatic heterocycles. The van der Waals surface area contributed by atoms with Crippen LogP contribution in [-0.4, -0.2) is 20.1 Å². The Morgan fingerprint density at radius 2 is 1.78 bits per heavy atom. The lowest BCUT2D eigenvalue weighted by Gasteiger charge is -2.06. The van der Waals surface area contributed by atoms with Gasteiger partial charge < -0.3 is 5.32 Å². The molecule has 0 spiro atoms. The minimum atomic E-state index is -3.79. The molecule has 0 heterocycles. The summed E-state index contributed by atoms with van der Waals surface area (Å²) in [5.41, 5.74) is 0.377. The molecule has 5 nitrogen and oxygen atoms in total. The number of sulfonamides is 1. The van der Waals surface area contributed by atoms with Crippen LogP contribution < -0.4 is 10.5 Å². The predicted molar refractivity (Wildman–Crippen MR) is 83.5 cm³/mol. The number of halogens is 2. The number of amides is 1. The lowest BCUT2D eigenvalue weighted by Crippen LogP contribution is -2.15. The van der Waals surface area contributed by atoms with E-state index in [1.165, 1.54) is 30.3 Å². The maximum absolute atomic E-state index is 13.4. The van der Waals surface area contributed by atoms with Crippen LogP contribution in [0.2, 0.25) is 0 Å². The number of primary sulfonamides is 1. The first kappa shape index (κ1) is 17.4. The molecule has 3 N–H and O–H groups in total. The fourth-order valence-corrected chi connectivity index (χ4v) is 2.90. The topological polar surface area (TPSA) is 89.3 Å². The lowest BCUT2D eigenvalue weighted by molar-refractivity contribution is -0.113. The minimum Gasteiger partial charge on any atom is -0.325 e. The van der Waals surface area contributed by atoms with E-state index in [-0.39, 0.29) is 15.5 Å². The molecule has 0 radical (unpaired) electrons. The zero-order valence-corrected chi connectivity index (χ0v) is 13.3. The summed E-state index contributed by atoms with van der Waals surface area (Å²) in [5, 5.41) is 7.49. The molecule has 0 bridgehead atoms. The third-order valence-corrected chi connectivity index (χ3v) is 4.70. The molecule has 0 aliphatic carbocycles. The quantitative estimate of drug-likeness (QED) is 0.803. The summed E-state index contributed by atoms with van der Waals surface area (Å²) in [5.74, 6) is -1.92. The highest BCUT2D eigenvalue weighted by atomic mass is 32.2. The van der Waals surface area contributed by atoms with Crippen LogP contribution >= 0.6 is 11.8 Å². The number of nitrogens with two attached hydrogens (primary N) is 1. The van der Waals surface area contributed by atoms with Crippen molar-refractivity contribution < 1.29 is 22.0 Å². The van der Waals surface area contributed by atoms with Crippen LogP contribution in [0.15, 0.2) is 52.3 Å². The van der Waals surface area contributed by atoms with Crippen LogP contribution in [0.4, 0.5) is 14.5 Å². The van der Waals surface area contributed by atoms with E-state index in [9.17, 15) is 22.0 Å². The number of carbonyl (C=O) groups excluding carboxylic acids is 1. The number of rotatable bonds is 5. The molecule has 2 rings (SSSR count). The summed E-state index contributed by atoms with van der Waals surface area (Å²) < 4.78 is 48.4. The van der Waals surface area contributed by atoms with Crippen molar-refractivity contribution in [1.82, 2.24) is 0 Å². The monoisotopic (exact) mass is 358 g/mol. The minimum absolute atomic E-state index is 0.0711. The molecule has 1 amide bonds. The van der Waals surface area contributed by atoms with Crippen molar-refractivity contribution in [2.45, 2.75) is 9.79 Å². The molecule has 0 aromatic heterocycles. The zero-order chi connectivity index (χ0) is 17.0. The van der Waals surface area contributed by atoms with Crippen LogP contribution in [0.3, 0.4) is 0 Å². The van der Waals surface area contributed by atoms with Gasteiger partial charge in [-0.3, -0.25) is 4.79 Å². The average molecular weight is 358 g/mol. The third-order valence-electron chi connectivity index (χ3n) is 2.72. The normalized spacial score (nSPS) is 11.3. The van der Waals surface area contributed by atoms with Gasteiger partial charge in [0.1, 0.15) is 11.6 Å². The standard InChI is InChI=1S/C14H12F2N2O3S2/c15-9-1-6-13(12(16)7-9)22-8-14(19)18-10-2-4-11(5-3-10)23(17,20)21/h1-7H,8H2,(H,18,19)(H2,17,20,21). The molecule has 122 valence electrons. The number of hydrogen-bond acceptors (Lipinski definition) is 4. The predicted octanol–water partition coefficient (Wildman–Crippen LogP) is 2.34. The Morgan fingerprint density at radius 1 is 1.13 bits per heavy atom. The molecule has 0 atom stereocenters. The molecular weight excluding hydrogens is 346 g/mol. The van der Waals surface area contributed by atoms with E-state index in [1.807, 2.05) is 0 Å². The number of benzene rings is 2. The first-order valence-electron chi connectivity index (χ1n) is 6.26. The zero-order valence-electron chi connectivity index (χ0n) is 11.6. The largest absolute Gasteiger partial charge is 0.325 e. The van der Waals surface area contributed by atoms with Crippen LogP contribution in [0.5, 0.6) is 0 Å². The highest BCUT2D eigenvalue weighted by Crippen LogP contribution is 2.22. The molecular formula is C14H12F2N2O3S2. The van der Waals surface area contributed by atoms with Crippen LogP contribution in [-0.2, 0) is 14.8 Å². The maximum Gasteiger partial charge on any atom is 0.238 e. The van der Waals surface area contributed by atoms with E-state index >= 15 is 0 Å². The second-order valence-electron chi connectivity index (χ2n) is 4.48. The summed E-state index contributed by atoms with van der Waals surface area (Å²) in [6, 6.07) is 8.40. The van der Waals surface area contributed by atoms with Gasteiger partial charge in [-0.1, -0.05) is 0 Å². The number of hydrogen-bond donors (Lipinski definition) is 2. The van der Waals surface area contributed by atoms with Crippen LogP contribution in [0, 0.1) is 11.6 Å². The van der Waals surface area contributed by atoms with Crippen molar-refractivity contribution in [2.24, 2.45) is 5.14 Å². The summed E-state index contributed by atoms with van der Waals surface area (Å²) in [6.45, 7) is 0. The summed E-state index contributed by atoms with van der Waals surface area (Å²) in [7, 11) is -3.79. The van der Waals surface area contributed by atoms with Gasteiger partial charge in [-0.05, 0) is 36.4 Å². The van der Waals surface area contributed by atoms with Gasteiger partial charge in [-0.15, -0.1) is 11.8 Å². The van der Waals surface area contributed by atoms with Gasteiger partial charge >= 0.3 is 0 Å². The van der Waals surface area contributed by atoms with E-state index in [0.29, 0.717) is 5.69 Å². The Labute approximate surface area is 135 Å². The van der Waals surface area contributed by atoms with Gasteiger partial charge in [0.2, 0.25) is 15.9 Å². The van der Waals surface area contributed by atoms with Crippen molar-refractivity contribution in [3.05, 3.63) is 54.1 Å². The maximum atomic E-state index is 13.4. The van der Waals surface area contributed by atoms with Crippen molar-refractivity contribution in [3.63, 3.8) is 0 Å². The van der Waals surface area contributed by atoms with E-state index in [1.54, 1.807) is 0 Å². The lowest BCUT2D eigenvalue weighted by atomic mass is 10.3. The first-order valence-corrected chi connectivity index (χ1v) is 8.79. The molecule has 0 saturated carbocycles. The Kier molecular flexibility index (Phi) is 5.34. The SMILES string of the molecule is NS(=O)(=O)c1ccc(NC(=O)CSc2ccc(F)cc2F)cc1. The molecule has 9 heteroatoms. The van der Waals surface area contributed by atoms with Gasteiger partial charge in [-0.25, -0.2) is 22.3 Å². The van der Waals surface area contributed by atoms with Gasteiger partial charge in [-0.2, -0.15) is 0 Å². The van der Waals surface area contributed by atoms with Gasteiger partial charge in [0.25, 0.3) is 0 Å². The summed E-state index contributed by atoms with van der Waals surface area (Å²) in [4.78, 5) is 11.9. The highest BCUT2D eigenvalue weighted by Gasteiger charge is 2.10. The van der Waals surface area contributed by atoms with E-state index in [2.05, 4.69) is 5.32 Å². The fraction of sp³-hybridized carbons (Fsp3) is 0.0714. The Balaban J connectivity index is 1.94.